The molecule has 4 nitrogen and oxygen atoms in total. The lowest BCUT2D eigenvalue weighted by molar-refractivity contribution is -0.172. The van der Waals surface area contributed by atoms with Crippen molar-refractivity contribution in [2.75, 3.05) is 6.54 Å². The molecule has 0 bridgehead atoms. The van der Waals surface area contributed by atoms with Gasteiger partial charge in [0, 0.05) is 24.4 Å². The van der Waals surface area contributed by atoms with Gasteiger partial charge in [-0.15, -0.1) is 0 Å². The Bertz CT molecular complexity index is 679. The van der Waals surface area contributed by atoms with Crippen LogP contribution in [0.5, 0.6) is 0 Å². The van der Waals surface area contributed by atoms with E-state index >= 15 is 0 Å². The van der Waals surface area contributed by atoms with Crippen LogP contribution in [0.15, 0.2) is 49.1 Å². The highest BCUT2D eigenvalue weighted by Gasteiger charge is 2.45. The summed E-state index contributed by atoms with van der Waals surface area (Å²) >= 11 is 0. The number of nitrogens with one attached hydrogen (secondary N) is 1. The number of aromatic nitrogens is 2. The molecule has 0 radical (unpaired) electrons. The molecule has 1 fully saturated rings. The molecule has 1 aliphatic carbocycles. The van der Waals surface area contributed by atoms with Gasteiger partial charge >= 0.3 is 6.18 Å². The Balaban J connectivity index is 1.61. The molecule has 3 rings (SSSR count). The van der Waals surface area contributed by atoms with Crippen molar-refractivity contribution in [1.29, 1.82) is 0 Å². The molecule has 1 aromatic carbocycles. The van der Waals surface area contributed by atoms with E-state index in [0.29, 0.717) is 6.54 Å². The summed E-state index contributed by atoms with van der Waals surface area (Å²) < 4.78 is 40.4. The van der Waals surface area contributed by atoms with E-state index in [9.17, 15) is 18.0 Å². The Labute approximate surface area is 137 Å². The fourth-order valence-corrected chi connectivity index (χ4v) is 2.87. The van der Waals surface area contributed by atoms with Crippen LogP contribution in [0.3, 0.4) is 0 Å². The SMILES string of the molecule is O=C(CC(n1ccnc1)C(F)(F)F)NCC1(c2ccccc2)CC1. The Kier molecular flexibility index (Phi) is 4.34. The Morgan fingerprint density at radius 3 is 2.54 bits per heavy atom. The lowest BCUT2D eigenvalue weighted by Crippen LogP contribution is -2.36. The first kappa shape index (κ1) is 16.5. The summed E-state index contributed by atoms with van der Waals surface area (Å²) in [5.41, 5.74) is 0.993. The topological polar surface area (TPSA) is 46.9 Å². The van der Waals surface area contributed by atoms with Gasteiger partial charge in [0.25, 0.3) is 0 Å². The first-order valence-corrected chi connectivity index (χ1v) is 7.77. The molecule has 0 aliphatic heterocycles. The van der Waals surface area contributed by atoms with Gasteiger partial charge in [-0.1, -0.05) is 30.3 Å². The number of imidazole rings is 1. The minimum Gasteiger partial charge on any atom is -0.355 e. The van der Waals surface area contributed by atoms with Crippen LogP contribution in [-0.4, -0.2) is 28.2 Å². The quantitative estimate of drug-likeness (QED) is 0.880. The predicted octanol–water partition coefficient (Wildman–Crippen LogP) is 3.22. The second-order valence-electron chi connectivity index (χ2n) is 6.19. The maximum atomic E-state index is 13.2. The smallest absolute Gasteiger partial charge is 0.355 e. The van der Waals surface area contributed by atoms with Gasteiger partial charge in [-0.2, -0.15) is 13.2 Å². The third-order valence-corrected chi connectivity index (χ3v) is 4.51. The van der Waals surface area contributed by atoms with Crippen LogP contribution in [0, 0.1) is 0 Å². The highest BCUT2D eigenvalue weighted by molar-refractivity contribution is 5.76. The van der Waals surface area contributed by atoms with Crippen molar-refractivity contribution in [3.63, 3.8) is 0 Å². The fourth-order valence-electron chi connectivity index (χ4n) is 2.87. The minimum absolute atomic E-state index is 0.125. The largest absolute Gasteiger partial charge is 0.409 e. The van der Waals surface area contributed by atoms with Gasteiger partial charge in [0.1, 0.15) is 6.04 Å². The number of halogens is 3. The van der Waals surface area contributed by atoms with Crippen LogP contribution in [0.2, 0.25) is 0 Å². The second kappa shape index (κ2) is 6.30. The van der Waals surface area contributed by atoms with Crippen molar-refractivity contribution in [2.24, 2.45) is 0 Å². The van der Waals surface area contributed by atoms with Crippen LogP contribution >= 0.6 is 0 Å². The van der Waals surface area contributed by atoms with E-state index in [1.54, 1.807) is 0 Å². The third kappa shape index (κ3) is 3.60. The zero-order valence-corrected chi connectivity index (χ0v) is 13.0. The number of rotatable bonds is 6. The zero-order chi connectivity index (χ0) is 17.2. The predicted molar refractivity (Wildman–Crippen MR) is 82.3 cm³/mol. The molecule has 1 amide bonds. The third-order valence-electron chi connectivity index (χ3n) is 4.51. The molecule has 0 spiro atoms. The highest BCUT2D eigenvalue weighted by Crippen LogP contribution is 2.47. The van der Waals surface area contributed by atoms with E-state index < -0.39 is 24.5 Å². The molecule has 1 unspecified atom stereocenters. The Morgan fingerprint density at radius 1 is 1.29 bits per heavy atom. The number of amides is 1. The number of carbonyl (C=O) groups excluding carboxylic acids is 1. The summed E-state index contributed by atoms with van der Waals surface area (Å²) in [5.74, 6) is -0.603. The maximum absolute atomic E-state index is 13.2. The molecule has 2 aromatic rings. The van der Waals surface area contributed by atoms with Gasteiger partial charge in [-0.25, -0.2) is 4.98 Å². The van der Waals surface area contributed by atoms with Crippen molar-refractivity contribution >= 4 is 5.91 Å². The van der Waals surface area contributed by atoms with Crippen molar-refractivity contribution in [1.82, 2.24) is 14.9 Å². The average Bonchev–Trinajstić information content (AvgIpc) is 3.16. The van der Waals surface area contributed by atoms with Gasteiger partial charge in [0.15, 0.2) is 0 Å². The standard InChI is InChI=1S/C17H18F3N3O/c18-17(19,20)14(23-9-8-21-12-23)10-15(24)22-11-16(6-7-16)13-4-2-1-3-5-13/h1-5,8-9,12,14H,6-7,10-11H2,(H,22,24). The lowest BCUT2D eigenvalue weighted by atomic mass is 9.96. The van der Waals surface area contributed by atoms with Gasteiger partial charge in [-0.05, 0) is 18.4 Å². The van der Waals surface area contributed by atoms with E-state index in [4.69, 9.17) is 0 Å². The summed E-state index contributed by atoms with van der Waals surface area (Å²) in [6, 6.07) is 7.85. The molecular formula is C17H18F3N3O. The molecule has 1 saturated carbocycles. The lowest BCUT2D eigenvalue weighted by Gasteiger charge is -2.22. The van der Waals surface area contributed by atoms with Crippen LogP contribution in [0.25, 0.3) is 0 Å². The molecule has 128 valence electrons. The first-order valence-electron chi connectivity index (χ1n) is 7.77. The number of nitrogens with zero attached hydrogens (tertiary/aromatic N) is 2. The molecule has 7 heteroatoms. The van der Waals surface area contributed by atoms with Gasteiger partial charge < -0.3 is 9.88 Å². The van der Waals surface area contributed by atoms with Gasteiger partial charge in [-0.3, -0.25) is 4.79 Å². The second-order valence-corrected chi connectivity index (χ2v) is 6.19. The summed E-state index contributed by atoms with van der Waals surface area (Å²) in [4.78, 5) is 15.7. The van der Waals surface area contributed by atoms with Gasteiger partial charge in [0.2, 0.25) is 5.91 Å². The Morgan fingerprint density at radius 2 is 2.00 bits per heavy atom. The number of benzene rings is 1. The molecule has 1 N–H and O–H groups in total. The van der Waals surface area contributed by atoms with Crippen LogP contribution in [0.1, 0.15) is 30.9 Å². The molecule has 24 heavy (non-hydrogen) atoms. The normalized spacial score (nSPS) is 17.3. The van der Waals surface area contributed by atoms with E-state index in [-0.39, 0.29) is 5.41 Å². The van der Waals surface area contributed by atoms with E-state index in [1.165, 1.54) is 12.4 Å². The van der Waals surface area contributed by atoms with Crippen molar-refractivity contribution in [2.45, 2.75) is 36.9 Å². The van der Waals surface area contributed by atoms with Crippen LogP contribution in [0.4, 0.5) is 13.2 Å². The maximum Gasteiger partial charge on any atom is 0.409 e. The van der Waals surface area contributed by atoms with Crippen LogP contribution < -0.4 is 5.32 Å². The molecule has 0 saturated heterocycles. The average molecular weight is 337 g/mol. The molecule has 1 aromatic heterocycles. The van der Waals surface area contributed by atoms with E-state index in [0.717, 1.165) is 29.3 Å². The summed E-state index contributed by atoms with van der Waals surface area (Å²) in [6.07, 6.45) is 0.281. The summed E-state index contributed by atoms with van der Waals surface area (Å²) in [6.45, 7) is 0.365. The highest BCUT2D eigenvalue weighted by atomic mass is 19.4. The number of carbonyl (C=O) groups is 1. The van der Waals surface area contributed by atoms with Crippen LogP contribution in [-0.2, 0) is 10.2 Å². The molecule has 1 aliphatic rings. The summed E-state index contributed by atoms with van der Waals surface area (Å²) in [7, 11) is 0. The zero-order valence-electron chi connectivity index (χ0n) is 13.0. The van der Waals surface area contributed by atoms with E-state index in [1.807, 2.05) is 30.3 Å². The van der Waals surface area contributed by atoms with E-state index in [2.05, 4.69) is 10.3 Å². The van der Waals surface area contributed by atoms with Crippen molar-refractivity contribution < 1.29 is 18.0 Å². The Hall–Kier alpha value is -2.31. The minimum atomic E-state index is -4.51. The van der Waals surface area contributed by atoms with Crippen molar-refractivity contribution in [3.05, 3.63) is 54.6 Å². The van der Waals surface area contributed by atoms with Gasteiger partial charge in [0.05, 0.1) is 12.7 Å². The number of hydrogen-bond donors (Lipinski definition) is 1. The molecule has 1 atom stereocenters. The number of alkyl halides is 3. The number of hydrogen-bond acceptors (Lipinski definition) is 2. The van der Waals surface area contributed by atoms with Crippen molar-refractivity contribution in [3.8, 4) is 0 Å². The monoisotopic (exact) mass is 337 g/mol. The first-order chi connectivity index (χ1) is 11.4. The molecular weight excluding hydrogens is 319 g/mol. The fraction of sp³-hybridized carbons (Fsp3) is 0.412. The molecule has 1 heterocycles. The summed E-state index contributed by atoms with van der Waals surface area (Å²) in [5, 5.41) is 2.68.